The highest BCUT2D eigenvalue weighted by atomic mass is 79.9. The van der Waals surface area contributed by atoms with Gasteiger partial charge in [-0.05, 0) is 37.9 Å². The molecule has 0 aliphatic carbocycles. The number of halogens is 5. The number of hydrogen-bond acceptors (Lipinski definition) is 0. The second kappa shape index (κ2) is 3.37. The van der Waals surface area contributed by atoms with Crippen LogP contribution in [0.4, 0.5) is 8.78 Å². The molecule has 0 spiro atoms. The summed E-state index contributed by atoms with van der Waals surface area (Å²) in [7, 11) is 0. The average molecular weight is 306 g/mol. The fourth-order valence-electron chi connectivity index (χ4n) is 0.544. The molecule has 0 bridgehead atoms. The highest BCUT2D eigenvalue weighted by Crippen LogP contribution is 2.31. The van der Waals surface area contributed by atoms with Gasteiger partial charge < -0.3 is 0 Å². The van der Waals surface area contributed by atoms with Crippen LogP contribution in [0.2, 0.25) is 5.02 Å². The first-order valence-electron chi connectivity index (χ1n) is 2.52. The van der Waals surface area contributed by atoms with E-state index in [9.17, 15) is 8.78 Å². The first kappa shape index (κ1) is 9.42. The molecule has 1 aromatic rings. The third-order valence-electron chi connectivity index (χ3n) is 1.06. The van der Waals surface area contributed by atoms with E-state index >= 15 is 0 Å². The predicted molar refractivity (Wildman–Crippen MR) is 46.8 cm³/mol. The van der Waals surface area contributed by atoms with E-state index in [2.05, 4.69) is 31.9 Å². The molecule has 0 N–H and O–H groups in total. The third-order valence-corrected chi connectivity index (χ3v) is 2.86. The van der Waals surface area contributed by atoms with Gasteiger partial charge in [0.15, 0.2) is 11.6 Å². The van der Waals surface area contributed by atoms with Crippen molar-refractivity contribution in [3.63, 3.8) is 0 Å². The van der Waals surface area contributed by atoms with E-state index in [1.165, 1.54) is 6.07 Å². The molecule has 0 radical (unpaired) electrons. The van der Waals surface area contributed by atoms with Crippen LogP contribution in [-0.2, 0) is 0 Å². The molecule has 0 aliphatic rings. The maximum absolute atomic E-state index is 12.7. The van der Waals surface area contributed by atoms with Crippen LogP contribution in [-0.4, -0.2) is 0 Å². The van der Waals surface area contributed by atoms with Crippen molar-refractivity contribution in [2.75, 3.05) is 0 Å². The zero-order valence-corrected chi connectivity index (χ0v) is 8.90. The number of rotatable bonds is 0. The Morgan fingerprint density at radius 3 is 2.18 bits per heavy atom. The topological polar surface area (TPSA) is 0 Å². The van der Waals surface area contributed by atoms with Gasteiger partial charge in [-0.1, -0.05) is 11.6 Å². The number of benzene rings is 1. The fraction of sp³-hybridized carbons (Fsp3) is 0. The zero-order valence-electron chi connectivity index (χ0n) is 4.97. The molecule has 1 rings (SSSR count). The van der Waals surface area contributed by atoms with Crippen LogP contribution in [0.15, 0.2) is 15.0 Å². The Kier molecular flexibility index (Phi) is 2.89. The van der Waals surface area contributed by atoms with Crippen LogP contribution >= 0.6 is 43.5 Å². The molecule has 0 fully saturated rings. The molecule has 0 atom stereocenters. The normalized spacial score (nSPS) is 10.3. The summed E-state index contributed by atoms with van der Waals surface area (Å²) in [6, 6.07) is 1.35. The molecule has 0 amide bonds. The second-order valence-corrected chi connectivity index (χ2v) is 3.87. The Bertz CT molecular complexity index is 275. The summed E-state index contributed by atoms with van der Waals surface area (Å²) in [5.74, 6) is -2.02. The van der Waals surface area contributed by atoms with E-state index < -0.39 is 11.6 Å². The highest BCUT2D eigenvalue weighted by molar-refractivity contribution is 9.11. The van der Waals surface area contributed by atoms with E-state index in [0.29, 0.717) is 4.47 Å². The lowest BCUT2D eigenvalue weighted by molar-refractivity contribution is 0.504. The van der Waals surface area contributed by atoms with Crippen LogP contribution in [0.1, 0.15) is 0 Å². The Labute approximate surface area is 83.8 Å². The largest absolute Gasteiger partial charge is 0.202 e. The number of hydrogen-bond donors (Lipinski definition) is 0. The van der Waals surface area contributed by atoms with Gasteiger partial charge in [0.2, 0.25) is 0 Å². The molecule has 0 saturated heterocycles. The van der Waals surface area contributed by atoms with Crippen LogP contribution in [0.3, 0.4) is 0 Å². The van der Waals surface area contributed by atoms with Crippen molar-refractivity contribution in [2.45, 2.75) is 0 Å². The molecule has 0 aliphatic heterocycles. The summed E-state index contributed by atoms with van der Waals surface area (Å²) in [6.07, 6.45) is 0. The summed E-state index contributed by atoms with van der Waals surface area (Å²) >= 11 is 11.2. The van der Waals surface area contributed by atoms with Crippen molar-refractivity contribution in [3.05, 3.63) is 31.7 Å². The van der Waals surface area contributed by atoms with Crippen molar-refractivity contribution in [2.24, 2.45) is 0 Å². The molecule has 0 heterocycles. The lowest BCUT2D eigenvalue weighted by atomic mass is 10.3. The molecular weight excluding hydrogens is 305 g/mol. The van der Waals surface area contributed by atoms with E-state index in [4.69, 9.17) is 11.6 Å². The van der Waals surface area contributed by atoms with Gasteiger partial charge in [0.1, 0.15) is 0 Å². The molecule has 1 aromatic carbocycles. The van der Waals surface area contributed by atoms with Gasteiger partial charge in [0.25, 0.3) is 0 Å². The molecule has 0 nitrogen and oxygen atoms in total. The van der Waals surface area contributed by atoms with Crippen molar-refractivity contribution in [3.8, 4) is 0 Å². The Morgan fingerprint density at radius 2 is 1.64 bits per heavy atom. The average Bonchev–Trinajstić information content (AvgIpc) is 1.97. The minimum atomic E-state index is -1.05. The molecule has 0 aromatic heterocycles. The first-order valence-corrected chi connectivity index (χ1v) is 4.49. The zero-order chi connectivity index (χ0) is 8.59. The van der Waals surface area contributed by atoms with E-state index in [1.54, 1.807) is 0 Å². The maximum atomic E-state index is 12.7. The van der Waals surface area contributed by atoms with Crippen molar-refractivity contribution < 1.29 is 8.78 Å². The lowest BCUT2D eigenvalue weighted by Crippen LogP contribution is -1.87. The van der Waals surface area contributed by atoms with Gasteiger partial charge in [-0.3, -0.25) is 0 Å². The lowest BCUT2D eigenvalue weighted by Gasteiger charge is -2.00. The molecule has 11 heavy (non-hydrogen) atoms. The Hall–Kier alpha value is 0.330. The summed E-state index contributed by atoms with van der Waals surface area (Å²) in [5, 5.41) is -0.245. The van der Waals surface area contributed by atoms with Gasteiger partial charge in [-0.15, -0.1) is 0 Å². The predicted octanol–water partition coefficient (Wildman–Crippen LogP) is 4.14. The standard InChI is InChI=1S/C6HBr2ClF2/c7-2-1-3(8)5(10)6(11)4(2)9/h1H. The summed E-state index contributed by atoms with van der Waals surface area (Å²) < 4.78 is 25.7. The molecule has 0 saturated carbocycles. The molecule has 5 heteroatoms. The molecular formula is C6HBr2ClF2. The van der Waals surface area contributed by atoms with Gasteiger partial charge in [-0.2, -0.15) is 0 Å². The van der Waals surface area contributed by atoms with Gasteiger partial charge >= 0.3 is 0 Å². The third kappa shape index (κ3) is 1.73. The summed E-state index contributed by atoms with van der Waals surface area (Å²) in [5.41, 5.74) is 0. The second-order valence-electron chi connectivity index (χ2n) is 1.78. The SMILES string of the molecule is Fc1c(Br)cc(Br)c(Cl)c1F. The minimum Gasteiger partial charge on any atom is -0.202 e. The van der Waals surface area contributed by atoms with Crippen molar-refractivity contribution in [1.82, 2.24) is 0 Å². The van der Waals surface area contributed by atoms with E-state index in [-0.39, 0.29) is 9.50 Å². The molecule has 0 unspecified atom stereocenters. The highest BCUT2D eigenvalue weighted by Gasteiger charge is 2.13. The van der Waals surface area contributed by atoms with Crippen LogP contribution < -0.4 is 0 Å². The Balaban J connectivity index is 3.46. The molecule has 60 valence electrons. The van der Waals surface area contributed by atoms with Crippen molar-refractivity contribution >= 4 is 43.5 Å². The maximum Gasteiger partial charge on any atom is 0.179 e. The van der Waals surface area contributed by atoms with Crippen molar-refractivity contribution in [1.29, 1.82) is 0 Å². The van der Waals surface area contributed by atoms with Crippen LogP contribution in [0.5, 0.6) is 0 Å². The fourth-order valence-corrected chi connectivity index (χ4v) is 1.79. The first-order chi connectivity index (χ1) is 5.04. The van der Waals surface area contributed by atoms with E-state index in [1.807, 2.05) is 0 Å². The van der Waals surface area contributed by atoms with Gasteiger partial charge in [-0.25, -0.2) is 8.78 Å². The Morgan fingerprint density at radius 1 is 1.09 bits per heavy atom. The summed E-state index contributed by atoms with van der Waals surface area (Å²) in [6.45, 7) is 0. The van der Waals surface area contributed by atoms with Gasteiger partial charge in [0.05, 0.1) is 9.50 Å². The summed E-state index contributed by atoms with van der Waals surface area (Å²) in [4.78, 5) is 0. The van der Waals surface area contributed by atoms with Crippen LogP contribution in [0.25, 0.3) is 0 Å². The van der Waals surface area contributed by atoms with Crippen LogP contribution in [0, 0.1) is 11.6 Å². The minimum absolute atomic E-state index is 0.0475. The van der Waals surface area contributed by atoms with Gasteiger partial charge in [0, 0.05) is 4.47 Å². The monoisotopic (exact) mass is 304 g/mol. The van der Waals surface area contributed by atoms with E-state index in [0.717, 1.165) is 0 Å². The smallest absolute Gasteiger partial charge is 0.179 e. The quantitative estimate of drug-likeness (QED) is 0.499.